The monoisotopic (exact) mass is 285 g/mol. The smallest absolute Gasteiger partial charge is 0.219 e. The second-order valence-corrected chi connectivity index (χ2v) is 6.40. The van der Waals surface area contributed by atoms with E-state index >= 15 is 0 Å². The minimum Gasteiger partial charge on any atom is -0.439 e. The molecular formula is C18H23NO2. The molecule has 1 aromatic heterocycles. The average molecular weight is 285 g/mol. The minimum absolute atomic E-state index is 0.00143. The third-order valence-corrected chi connectivity index (χ3v) is 3.50. The summed E-state index contributed by atoms with van der Waals surface area (Å²) in [6, 6.07) is 9.84. The summed E-state index contributed by atoms with van der Waals surface area (Å²) >= 11 is 0. The maximum atomic E-state index is 9.20. The van der Waals surface area contributed by atoms with Crippen LogP contribution in [0.15, 0.2) is 30.3 Å². The van der Waals surface area contributed by atoms with Gasteiger partial charge in [-0.3, -0.25) is 0 Å². The topological polar surface area (TPSA) is 42.4 Å². The lowest BCUT2D eigenvalue weighted by Crippen LogP contribution is -2.13. The van der Waals surface area contributed by atoms with E-state index in [2.05, 4.69) is 38.7 Å². The van der Waals surface area contributed by atoms with Crippen LogP contribution in [0.5, 0.6) is 11.6 Å². The van der Waals surface area contributed by atoms with E-state index in [0.717, 1.165) is 22.6 Å². The first kappa shape index (κ1) is 15.5. The third kappa shape index (κ3) is 3.61. The molecule has 2 rings (SSSR count). The van der Waals surface area contributed by atoms with Crippen molar-refractivity contribution in [3.05, 3.63) is 52.7 Å². The molecule has 0 aliphatic rings. The molecule has 1 aromatic carbocycles. The lowest BCUT2D eigenvalue weighted by molar-refractivity contribution is 0.280. The fraction of sp³-hybridized carbons (Fsp3) is 0.389. The molecule has 1 N–H and O–H groups in total. The number of rotatable bonds is 3. The molecule has 0 atom stereocenters. The summed E-state index contributed by atoms with van der Waals surface area (Å²) in [7, 11) is 0. The molecule has 0 saturated heterocycles. The summed E-state index contributed by atoms with van der Waals surface area (Å²) in [6.45, 7) is 10.5. The van der Waals surface area contributed by atoms with E-state index in [-0.39, 0.29) is 12.0 Å². The number of pyridine rings is 1. The Labute approximate surface area is 126 Å². The predicted octanol–water partition coefficient (Wildman–Crippen LogP) is 4.28. The van der Waals surface area contributed by atoms with E-state index in [1.165, 1.54) is 5.56 Å². The van der Waals surface area contributed by atoms with Crippen molar-refractivity contribution in [2.45, 2.75) is 46.6 Å². The highest BCUT2D eigenvalue weighted by Crippen LogP contribution is 2.34. The van der Waals surface area contributed by atoms with Gasteiger partial charge in [0, 0.05) is 17.3 Å². The summed E-state index contributed by atoms with van der Waals surface area (Å²) in [4.78, 5) is 4.40. The first-order valence-corrected chi connectivity index (χ1v) is 7.17. The van der Waals surface area contributed by atoms with Gasteiger partial charge in [0.15, 0.2) is 0 Å². The average Bonchev–Trinajstić information content (AvgIpc) is 2.40. The molecule has 112 valence electrons. The van der Waals surface area contributed by atoms with Crippen molar-refractivity contribution in [2.24, 2.45) is 0 Å². The molecule has 3 heteroatoms. The zero-order chi connectivity index (χ0) is 15.6. The van der Waals surface area contributed by atoms with Crippen LogP contribution in [0, 0.1) is 13.8 Å². The summed E-state index contributed by atoms with van der Waals surface area (Å²) in [5.41, 5.74) is 3.99. The van der Waals surface area contributed by atoms with Crippen molar-refractivity contribution in [3.8, 4) is 11.6 Å². The van der Waals surface area contributed by atoms with Crippen molar-refractivity contribution in [3.63, 3.8) is 0 Å². The van der Waals surface area contributed by atoms with Crippen molar-refractivity contribution >= 4 is 0 Å². The number of aromatic nitrogens is 1. The van der Waals surface area contributed by atoms with E-state index in [9.17, 15) is 5.11 Å². The number of hydrogen-bond donors (Lipinski definition) is 1. The Morgan fingerprint density at radius 1 is 1.10 bits per heavy atom. The van der Waals surface area contributed by atoms with E-state index in [4.69, 9.17) is 4.74 Å². The Kier molecular flexibility index (Phi) is 4.33. The summed E-state index contributed by atoms with van der Waals surface area (Å²) in [5, 5.41) is 9.20. The van der Waals surface area contributed by atoms with Crippen LogP contribution in [0.1, 0.15) is 43.2 Å². The van der Waals surface area contributed by atoms with Crippen LogP contribution < -0.4 is 4.74 Å². The molecule has 0 spiro atoms. The van der Waals surface area contributed by atoms with Crippen LogP contribution in [0.4, 0.5) is 0 Å². The standard InChI is InChI=1S/C18H23NO2/c1-12-6-8-16(15(10-12)18(3,4)5)21-17-9-7-14(11-20)13(2)19-17/h6-10,20H,11H2,1-5H3. The van der Waals surface area contributed by atoms with Crippen LogP contribution in [0.25, 0.3) is 0 Å². The van der Waals surface area contributed by atoms with Crippen molar-refractivity contribution in [2.75, 3.05) is 0 Å². The van der Waals surface area contributed by atoms with E-state index in [0.29, 0.717) is 5.88 Å². The number of ether oxygens (including phenoxy) is 1. The molecule has 1 heterocycles. The Morgan fingerprint density at radius 3 is 2.38 bits per heavy atom. The Morgan fingerprint density at radius 2 is 1.81 bits per heavy atom. The second kappa shape index (κ2) is 5.86. The lowest BCUT2D eigenvalue weighted by Gasteiger charge is -2.23. The fourth-order valence-electron chi connectivity index (χ4n) is 2.22. The Balaban J connectivity index is 2.38. The minimum atomic E-state index is -0.00309. The summed E-state index contributed by atoms with van der Waals surface area (Å²) < 4.78 is 5.98. The zero-order valence-corrected chi connectivity index (χ0v) is 13.4. The van der Waals surface area contributed by atoms with Gasteiger partial charge in [-0.1, -0.05) is 38.5 Å². The van der Waals surface area contributed by atoms with Gasteiger partial charge in [0.25, 0.3) is 0 Å². The largest absolute Gasteiger partial charge is 0.439 e. The normalized spacial score (nSPS) is 11.5. The molecule has 0 aliphatic carbocycles. The number of benzene rings is 1. The van der Waals surface area contributed by atoms with Gasteiger partial charge in [0.1, 0.15) is 5.75 Å². The predicted molar refractivity (Wildman–Crippen MR) is 84.8 cm³/mol. The van der Waals surface area contributed by atoms with Gasteiger partial charge in [0.2, 0.25) is 5.88 Å². The van der Waals surface area contributed by atoms with Gasteiger partial charge < -0.3 is 9.84 Å². The molecule has 3 nitrogen and oxygen atoms in total. The van der Waals surface area contributed by atoms with Crippen LogP contribution in [0.3, 0.4) is 0 Å². The van der Waals surface area contributed by atoms with E-state index in [1.807, 2.05) is 25.1 Å². The zero-order valence-electron chi connectivity index (χ0n) is 13.4. The number of aliphatic hydroxyl groups is 1. The number of hydrogen-bond acceptors (Lipinski definition) is 3. The van der Waals surface area contributed by atoms with Gasteiger partial charge in [0.05, 0.1) is 6.61 Å². The Bertz CT molecular complexity index is 642. The van der Waals surface area contributed by atoms with Gasteiger partial charge in [-0.15, -0.1) is 0 Å². The molecule has 2 aromatic rings. The van der Waals surface area contributed by atoms with Gasteiger partial charge in [-0.25, -0.2) is 4.98 Å². The first-order valence-electron chi connectivity index (χ1n) is 7.17. The van der Waals surface area contributed by atoms with Gasteiger partial charge in [-0.2, -0.15) is 0 Å². The fourth-order valence-corrected chi connectivity index (χ4v) is 2.22. The number of aliphatic hydroxyl groups excluding tert-OH is 1. The molecule has 0 fully saturated rings. The molecule has 0 saturated carbocycles. The maximum Gasteiger partial charge on any atom is 0.219 e. The van der Waals surface area contributed by atoms with Gasteiger partial charge >= 0.3 is 0 Å². The Hall–Kier alpha value is -1.87. The molecule has 0 radical (unpaired) electrons. The highest BCUT2D eigenvalue weighted by Gasteiger charge is 2.20. The third-order valence-electron chi connectivity index (χ3n) is 3.50. The molecule has 0 unspecified atom stereocenters. The van der Waals surface area contributed by atoms with E-state index < -0.39 is 0 Å². The first-order chi connectivity index (χ1) is 9.81. The molecule has 0 amide bonds. The summed E-state index contributed by atoms with van der Waals surface area (Å²) in [5.74, 6) is 1.39. The van der Waals surface area contributed by atoms with Crippen LogP contribution in [0.2, 0.25) is 0 Å². The van der Waals surface area contributed by atoms with Crippen molar-refractivity contribution in [1.82, 2.24) is 4.98 Å². The molecule has 0 bridgehead atoms. The van der Waals surface area contributed by atoms with E-state index in [1.54, 1.807) is 6.07 Å². The van der Waals surface area contributed by atoms with Crippen LogP contribution in [-0.4, -0.2) is 10.1 Å². The van der Waals surface area contributed by atoms with Crippen LogP contribution >= 0.6 is 0 Å². The highest BCUT2D eigenvalue weighted by atomic mass is 16.5. The second-order valence-electron chi connectivity index (χ2n) is 6.40. The van der Waals surface area contributed by atoms with Crippen molar-refractivity contribution in [1.29, 1.82) is 0 Å². The quantitative estimate of drug-likeness (QED) is 0.915. The number of nitrogens with zero attached hydrogens (tertiary/aromatic N) is 1. The highest BCUT2D eigenvalue weighted by molar-refractivity contribution is 5.43. The lowest BCUT2D eigenvalue weighted by atomic mass is 9.85. The molecule has 0 aliphatic heterocycles. The van der Waals surface area contributed by atoms with Crippen molar-refractivity contribution < 1.29 is 9.84 Å². The molecule has 21 heavy (non-hydrogen) atoms. The summed E-state index contributed by atoms with van der Waals surface area (Å²) in [6.07, 6.45) is 0. The van der Waals surface area contributed by atoms with Gasteiger partial charge in [-0.05, 0) is 37.0 Å². The maximum absolute atomic E-state index is 9.20. The number of aryl methyl sites for hydroxylation is 2. The SMILES string of the molecule is Cc1ccc(Oc2ccc(CO)c(C)n2)c(C(C)(C)C)c1. The molecular weight excluding hydrogens is 262 g/mol. The van der Waals surface area contributed by atoms with Crippen LogP contribution in [-0.2, 0) is 12.0 Å².